The Morgan fingerprint density at radius 1 is 0.815 bits per heavy atom. The molecule has 0 aromatic heterocycles. The molecule has 2 saturated heterocycles. The minimum absolute atomic E-state index is 0.0599. The zero-order valence-corrected chi connectivity index (χ0v) is 16.9. The van der Waals surface area contributed by atoms with Crippen LogP contribution in [-0.2, 0) is 14.4 Å². The van der Waals surface area contributed by atoms with Crippen LogP contribution in [0.15, 0.2) is 0 Å². The van der Waals surface area contributed by atoms with E-state index in [1.807, 2.05) is 21.6 Å². The summed E-state index contributed by atoms with van der Waals surface area (Å²) in [5.74, 6) is 0.960. The third-order valence-corrected chi connectivity index (χ3v) is 6.50. The SMILES string of the molecule is CCC(=O)N1CCN(C(C(=O)N2CCN(C(C)=O)CC2)C2CCCC2)CC1. The second-order valence-corrected chi connectivity index (χ2v) is 8.09. The summed E-state index contributed by atoms with van der Waals surface area (Å²) >= 11 is 0. The van der Waals surface area contributed by atoms with Crippen molar-refractivity contribution in [2.75, 3.05) is 52.4 Å². The van der Waals surface area contributed by atoms with Crippen molar-refractivity contribution >= 4 is 17.7 Å². The van der Waals surface area contributed by atoms with E-state index < -0.39 is 0 Å². The molecule has 3 rings (SSSR count). The van der Waals surface area contributed by atoms with Gasteiger partial charge in [-0.3, -0.25) is 19.3 Å². The minimum Gasteiger partial charge on any atom is -0.340 e. The Labute approximate surface area is 162 Å². The average molecular weight is 379 g/mol. The Morgan fingerprint density at radius 3 is 1.85 bits per heavy atom. The van der Waals surface area contributed by atoms with Crippen molar-refractivity contribution in [1.29, 1.82) is 0 Å². The molecule has 0 bridgehead atoms. The van der Waals surface area contributed by atoms with E-state index in [1.165, 1.54) is 12.8 Å². The van der Waals surface area contributed by atoms with Crippen LogP contribution in [0.4, 0.5) is 0 Å². The lowest BCUT2D eigenvalue weighted by Gasteiger charge is -2.44. The van der Waals surface area contributed by atoms with Crippen LogP contribution in [0.2, 0.25) is 0 Å². The summed E-state index contributed by atoms with van der Waals surface area (Å²) in [6, 6.07) is -0.0599. The van der Waals surface area contributed by atoms with Crippen LogP contribution in [0.25, 0.3) is 0 Å². The first kappa shape index (κ1) is 20.1. The van der Waals surface area contributed by atoms with E-state index in [0.717, 1.165) is 39.0 Å². The van der Waals surface area contributed by atoms with Gasteiger partial charge in [-0.25, -0.2) is 0 Å². The van der Waals surface area contributed by atoms with Gasteiger partial charge in [-0.1, -0.05) is 19.8 Å². The van der Waals surface area contributed by atoms with Gasteiger partial charge < -0.3 is 14.7 Å². The van der Waals surface area contributed by atoms with Crippen LogP contribution in [-0.4, -0.2) is 95.7 Å². The molecule has 3 amide bonds. The third-order valence-electron chi connectivity index (χ3n) is 6.50. The Morgan fingerprint density at radius 2 is 1.33 bits per heavy atom. The van der Waals surface area contributed by atoms with Gasteiger partial charge in [-0.15, -0.1) is 0 Å². The van der Waals surface area contributed by atoms with Crippen LogP contribution in [0.5, 0.6) is 0 Å². The maximum absolute atomic E-state index is 13.4. The van der Waals surface area contributed by atoms with Gasteiger partial charge in [0, 0.05) is 65.7 Å². The van der Waals surface area contributed by atoms with Crippen LogP contribution in [0, 0.1) is 5.92 Å². The molecular formula is C20H34N4O3. The molecule has 3 fully saturated rings. The van der Waals surface area contributed by atoms with Gasteiger partial charge in [0.2, 0.25) is 17.7 Å². The summed E-state index contributed by atoms with van der Waals surface area (Å²) < 4.78 is 0. The first-order chi connectivity index (χ1) is 13.0. The molecule has 1 atom stereocenters. The standard InChI is InChI=1S/C20H34N4O3/c1-3-18(26)22-10-12-23(13-11-22)19(17-6-4-5-7-17)20(27)24-14-8-21(9-15-24)16(2)25/h17,19H,3-15H2,1-2H3. The summed E-state index contributed by atoms with van der Waals surface area (Å²) in [6.07, 6.45) is 5.21. The number of nitrogens with zero attached hydrogens (tertiary/aromatic N) is 4. The summed E-state index contributed by atoms with van der Waals surface area (Å²) in [4.78, 5) is 45.0. The van der Waals surface area contributed by atoms with Crippen LogP contribution >= 0.6 is 0 Å². The fourth-order valence-electron chi connectivity index (χ4n) is 4.83. The highest BCUT2D eigenvalue weighted by atomic mass is 16.2. The van der Waals surface area contributed by atoms with Crippen molar-refractivity contribution in [2.45, 2.75) is 52.0 Å². The van der Waals surface area contributed by atoms with Gasteiger partial charge >= 0.3 is 0 Å². The number of carbonyl (C=O) groups is 3. The van der Waals surface area contributed by atoms with Gasteiger partial charge in [0.25, 0.3) is 0 Å². The van der Waals surface area contributed by atoms with Crippen molar-refractivity contribution in [3.63, 3.8) is 0 Å². The number of amides is 3. The van der Waals surface area contributed by atoms with Crippen molar-refractivity contribution in [3.8, 4) is 0 Å². The molecule has 1 saturated carbocycles. The lowest BCUT2D eigenvalue weighted by molar-refractivity contribution is -0.145. The Hall–Kier alpha value is -1.63. The van der Waals surface area contributed by atoms with Crippen molar-refractivity contribution in [2.24, 2.45) is 5.92 Å². The molecule has 0 spiro atoms. The quantitative estimate of drug-likeness (QED) is 0.726. The fourth-order valence-corrected chi connectivity index (χ4v) is 4.83. The van der Waals surface area contributed by atoms with E-state index in [9.17, 15) is 14.4 Å². The van der Waals surface area contributed by atoms with Crippen molar-refractivity contribution < 1.29 is 14.4 Å². The first-order valence-corrected chi connectivity index (χ1v) is 10.6. The van der Waals surface area contributed by atoms with E-state index in [2.05, 4.69) is 4.90 Å². The van der Waals surface area contributed by atoms with E-state index in [1.54, 1.807) is 6.92 Å². The monoisotopic (exact) mass is 378 g/mol. The zero-order chi connectivity index (χ0) is 19.4. The Balaban J connectivity index is 1.64. The molecule has 0 aromatic carbocycles. The van der Waals surface area contributed by atoms with E-state index >= 15 is 0 Å². The largest absolute Gasteiger partial charge is 0.340 e. The highest BCUT2D eigenvalue weighted by Crippen LogP contribution is 2.32. The summed E-state index contributed by atoms with van der Waals surface area (Å²) in [6.45, 7) is 9.05. The predicted molar refractivity (Wildman–Crippen MR) is 103 cm³/mol. The van der Waals surface area contributed by atoms with Crippen LogP contribution < -0.4 is 0 Å². The molecule has 1 aliphatic carbocycles. The normalized spacial score (nSPS) is 23.6. The van der Waals surface area contributed by atoms with E-state index in [0.29, 0.717) is 38.5 Å². The van der Waals surface area contributed by atoms with Gasteiger partial charge in [0.1, 0.15) is 0 Å². The first-order valence-electron chi connectivity index (χ1n) is 10.6. The summed E-state index contributed by atoms with van der Waals surface area (Å²) in [5.41, 5.74) is 0. The van der Waals surface area contributed by atoms with Crippen LogP contribution in [0.1, 0.15) is 46.0 Å². The molecule has 27 heavy (non-hydrogen) atoms. The van der Waals surface area contributed by atoms with Crippen molar-refractivity contribution in [1.82, 2.24) is 19.6 Å². The second kappa shape index (κ2) is 9.04. The fraction of sp³-hybridized carbons (Fsp3) is 0.850. The summed E-state index contributed by atoms with van der Waals surface area (Å²) in [5, 5.41) is 0. The third kappa shape index (κ3) is 4.62. The molecule has 2 aliphatic heterocycles. The number of rotatable bonds is 4. The molecule has 0 radical (unpaired) electrons. The average Bonchev–Trinajstić information content (AvgIpc) is 3.22. The maximum atomic E-state index is 13.4. The molecule has 2 heterocycles. The zero-order valence-electron chi connectivity index (χ0n) is 16.9. The molecule has 7 heteroatoms. The molecule has 0 aromatic rings. The van der Waals surface area contributed by atoms with Gasteiger partial charge in [0.15, 0.2) is 0 Å². The highest BCUT2D eigenvalue weighted by molar-refractivity contribution is 5.83. The number of carbonyl (C=O) groups excluding carboxylic acids is 3. The topological polar surface area (TPSA) is 64.2 Å². The van der Waals surface area contributed by atoms with Gasteiger partial charge in [0.05, 0.1) is 6.04 Å². The second-order valence-electron chi connectivity index (χ2n) is 8.09. The van der Waals surface area contributed by atoms with Gasteiger partial charge in [-0.05, 0) is 18.8 Å². The lowest BCUT2D eigenvalue weighted by atomic mass is 9.94. The number of hydrogen-bond acceptors (Lipinski definition) is 4. The number of piperazine rings is 2. The summed E-state index contributed by atoms with van der Waals surface area (Å²) in [7, 11) is 0. The van der Waals surface area contributed by atoms with Crippen molar-refractivity contribution in [3.05, 3.63) is 0 Å². The Bertz CT molecular complexity index is 545. The predicted octanol–water partition coefficient (Wildman–Crippen LogP) is 0.790. The van der Waals surface area contributed by atoms with E-state index in [4.69, 9.17) is 0 Å². The van der Waals surface area contributed by atoms with Gasteiger partial charge in [-0.2, -0.15) is 0 Å². The molecule has 1 unspecified atom stereocenters. The molecule has 3 aliphatic rings. The van der Waals surface area contributed by atoms with E-state index in [-0.39, 0.29) is 23.8 Å². The molecular weight excluding hydrogens is 344 g/mol. The molecule has 152 valence electrons. The molecule has 0 N–H and O–H groups in total. The molecule has 7 nitrogen and oxygen atoms in total. The smallest absolute Gasteiger partial charge is 0.240 e. The maximum Gasteiger partial charge on any atom is 0.240 e. The van der Waals surface area contributed by atoms with Crippen LogP contribution in [0.3, 0.4) is 0 Å². The Kier molecular flexibility index (Phi) is 6.73. The lowest BCUT2D eigenvalue weighted by Crippen LogP contribution is -2.60. The minimum atomic E-state index is -0.0599. The number of hydrogen-bond donors (Lipinski definition) is 0. The highest BCUT2D eigenvalue weighted by Gasteiger charge is 2.39.